The topological polar surface area (TPSA) is 50.4 Å². The van der Waals surface area contributed by atoms with Crippen LogP contribution in [0.25, 0.3) is 0 Å². The first-order valence-electron chi connectivity index (χ1n) is 7.48. The standard InChI is InChI=1S/C18H21FN2O2/c1-13-11-15(19)5-8-17(13)21-12-18(22)20-10-9-14-3-6-16(23-2)7-4-14/h3-8,11,21H,9-10,12H2,1-2H3,(H,20,22). The van der Waals surface area contributed by atoms with Crippen LogP contribution in [-0.2, 0) is 11.2 Å². The van der Waals surface area contributed by atoms with E-state index in [1.807, 2.05) is 24.3 Å². The number of hydrogen-bond acceptors (Lipinski definition) is 3. The Bertz CT molecular complexity index is 657. The van der Waals surface area contributed by atoms with Crippen molar-refractivity contribution in [2.45, 2.75) is 13.3 Å². The van der Waals surface area contributed by atoms with E-state index in [1.165, 1.54) is 12.1 Å². The van der Waals surface area contributed by atoms with Crippen molar-refractivity contribution in [1.82, 2.24) is 5.32 Å². The molecule has 122 valence electrons. The number of rotatable bonds is 7. The SMILES string of the molecule is COc1ccc(CCNC(=O)CNc2ccc(F)cc2C)cc1. The van der Waals surface area contributed by atoms with Crippen LogP contribution in [0.5, 0.6) is 5.75 Å². The van der Waals surface area contributed by atoms with Crippen molar-refractivity contribution in [3.63, 3.8) is 0 Å². The average Bonchev–Trinajstić information content (AvgIpc) is 2.54. The van der Waals surface area contributed by atoms with Gasteiger partial charge < -0.3 is 15.4 Å². The quantitative estimate of drug-likeness (QED) is 0.826. The first kappa shape index (κ1) is 16.8. The second kappa shape index (κ2) is 8.17. The first-order chi connectivity index (χ1) is 11.1. The third kappa shape index (κ3) is 5.29. The van der Waals surface area contributed by atoms with Crippen molar-refractivity contribution in [1.29, 1.82) is 0 Å². The number of carbonyl (C=O) groups excluding carboxylic acids is 1. The molecule has 4 nitrogen and oxygen atoms in total. The summed E-state index contributed by atoms with van der Waals surface area (Å²) in [5, 5.41) is 5.86. The smallest absolute Gasteiger partial charge is 0.239 e. The van der Waals surface area contributed by atoms with E-state index in [0.29, 0.717) is 6.54 Å². The number of nitrogens with one attached hydrogen (secondary N) is 2. The van der Waals surface area contributed by atoms with E-state index in [2.05, 4.69) is 10.6 Å². The van der Waals surface area contributed by atoms with Crippen molar-refractivity contribution in [3.05, 3.63) is 59.4 Å². The lowest BCUT2D eigenvalue weighted by Gasteiger charge is -2.10. The van der Waals surface area contributed by atoms with Gasteiger partial charge in [-0.25, -0.2) is 4.39 Å². The minimum absolute atomic E-state index is 0.0952. The number of ether oxygens (including phenoxy) is 1. The van der Waals surface area contributed by atoms with Crippen molar-refractivity contribution in [2.75, 3.05) is 25.5 Å². The molecule has 2 aromatic rings. The fourth-order valence-electron chi connectivity index (χ4n) is 2.20. The van der Waals surface area contributed by atoms with Crippen LogP contribution >= 0.6 is 0 Å². The number of halogens is 1. The van der Waals surface area contributed by atoms with Crippen LogP contribution in [0.3, 0.4) is 0 Å². The molecule has 5 heteroatoms. The predicted molar refractivity (Wildman–Crippen MR) is 89.3 cm³/mol. The van der Waals surface area contributed by atoms with E-state index in [-0.39, 0.29) is 18.3 Å². The molecule has 1 amide bonds. The van der Waals surface area contributed by atoms with Gasteiger partial charge in [0.05, 0.1) is 13.7 Å². The van der Waals surface area contributed by atoms with Crippen LogP contribution in [0.15, 0.2) is 42.5 Å². The van der Waals surface area contributed by atoms with E-state index in [0.717, 1.165) is 29.0 Å². The molecule has 23 heavy (non-hydrogen) atoms. The fourth-order valence-corrected chi connectivity index (χ4v) is 2.20. The monoisotopic (exact) mass is 316 g/mol. The molecule has 0 fully saturated rings. The maximum Gasteiger partial charge on any atom is 0.239 e. The van der Waals surface area contributed by atoms with E-state index in [1.54, 1.807) is 20.1 Å². The van der Waals surface area contributed by atoms with Crippen LogP contribution in [0.2, 0.25) is 0 Å². The molecule has 0 saturated carbocycles. The van der Waals surface area contributed by atoms with Gasteiger partial charge in [0.25, 0.3) is 0 Å². The summed E-state index contributed by atoms with van der Waals surface area (Å²) in [6, 6.07) is 12.2. The Morgan fingerprint density at radius 3 is 2.57 bits per heavy atom. The summed E-state index contributed by atoms with van der Waals surface area (Å²) in [5.41, 5.74) is 2.67. The summed E-state index contributed by atoms with van der Waals surface area (Å²) >= 11 is 0. The van der Waals surface area contributed by atoms with Crippen LogP contribution in [0.4, 0.5) is 10.1 Å². The molecule has 0 unspecified atom stereocenters. The molecule has 0 aliphatic heterocycles. The van der Waals surface area contributed by atoms with E-state index in [4.69, 9.17) is 4.74 Å². The molecule has 0 aromatic heterocycles. The highest BCUT2D eigenvalue weighted by atomic mass is 19.1. The first-order valence-corrected chi connectivity index (χ1v) is 7.48. The van der Waals surface area contributed by atoms with E-state index >= 15 is 0 Å². The van der Waals surface area contributed by atoms with E-state index < -0.39 is 0 Å². The van der Waals surface area contributed by atoms with Gasteiger partial charge in [-0.2, -0.15) is 0 Å². The van der Waals surface area contributed by atoms with Crippen LogP contribution in [0, 0.1) is 12.7 Å². The number of anilines is 1. The Labute approximate surface area is 135 Å². The van der Waals surface area contributed by atoms with Gasteiger partial charge in [-0.15, -0.1) is 0 Å². The Morgan fingerprint density at radius 2 is 1.91 bits per heavy atom. The van der Waals surface area contributed by atoms with Gasteiger partial charge >= 0.3 is 0 Å². The lowest BCUT2D eigenvalue weighted by molar-refractivity contribution is -0.119. The number of carbonyl (C=O) groups is 1. The molecule has 2 N–H and O–H groups in total. The molecule has 0 aliphatic rings. The van der Waals surface area contributed by atoms with Crippen molar-refractivity contribution < 1.29 is 13.9 Å². The highest BCUT2D eigenvalue weighted by Crippen LogP contribution is 2.15. The number of hydrogen-bond donors (Lipinski definition) is 2. The third-order valence-electron chi connectivity index (χ3n) is 3.52. The van der Waals surface area contributed by atoms with Crippen molar-refractivity contribution >= 4 is 11.6 Å². The van der Waals surface area contributed by atoms with Gasteiger partial charge in [-0.1, -0.05) is 12.1 Å². The minimum Gasteiger partial charge on any atom is -0.497 e. The fraction of sp³-hybridized carbons (Fsp3) is 0.278. The molecule has 2 aromatic carbocycles. The predicted octanol–water partition coefficient (Wildman–Crippen LogP) is 2.91. The van der Waals surface area contributed by atoms with Crippen LogP contribution in [-0.4, -0.2) is 26.1 Å². The summed E-state index contributed by atoms with van der Waals surface area (Å²) in [4.78, 5) is 11.8. The van der Waals surface area contributed by atoms with Gasteiger partial charge in [-0.05, 0) is 54.8 Å². The zero-order valence-corrected chi connectivity index (χ0v) is 13.4. The zero-order valence-electron chi connectivity index (χ0n) is 13.4. The number of methoxy groups -OCH3 is 1. The second-order valence-corrected chi connectivity index (χ2v) is 5.26. The maximum absolute atomic E-state index is 13.0. The average molecular weight is 316 g/mol. The van der Waals surface area contributed by atoms with Crippen LogP contribution in [0.1, 0.15) is 11.1 Å². The molecule has 0 spiro atoms. The Balaban J connectivity index is 1.72. The largest absolute Gasteiger partial charge is 0.497 e. The molecule has 0 atom stereocenters. The highest BCUT2D eigenvalue weighted by Gasteiger charge is 2.04. The molecule has 0 aliphatic carbocycles. The Hall–Kier alpha value is -2.56. The molecule has 2 rings (SSSR count). The zero-order chi connectivity index (χ0) is 16.7. The van der Waals surface area contributed by atoms with Crippen molar-refractivity contribution in [3.8, 4) is 5.75 Å². The molecule has 0 radical (unpaired) electrons. The number of benzene rings is 2. The van der Waals surface area contributed by atoms with E-state index in [9.17, 15) is 9.18 Å². The lowest BCUT2D eigenvalue weighted by Crippen LogP contribution is -2.31. The Morgan fingerprint density at radius 1 is 1.17 bits per heavy atom. The molecule has 0 bridgehead atoms. The van der Waals surface area contributed by atoms with Gasteiger partial charge in [0.15, 0.2) is 0 Å². The molecular formula is C18H21FN2O2. The summed E-state index contributed by atoms with van der Waals surface area (Å²) in [6.45, 7) is 2.53. The van der Waals surface area contributed by atoms with Crippen LogP contribution < -0.4 is 15.4 Å². The van der Waals surface area contributed by atoms with Gasteiger partial charge in [-0.3, -0.25) is 4.79 Å². The van der Waals surface area contributed by atoms with Gasteiger partial charge in [0.1, 0.15) is 11.6 Å². The normalized spacial score (nSPS) is 10.2. The lowest BCUT2D eigenvalue weighted by atomic mass is 10.1. The Kier molecular flexibility index (Phi) is 5.97. The maximum atomic E-state index is 13.0. The summed E-state index contributed by atoms with van der Waals surface area (Å²) in [7, 11) is 1.63. The number of aryl methyl sites for hydroxylation is 1. The van der Waals surface area contributed by atoms with Crippen molar-refractivity contribution in [2.24, 2.45) is 0 Å². The highest BCUT2D eigenvalue weighted by molar-refractivity contribution is 5.80. The minimum atomic E-state index is -0.281. The summed E-state index contributed by atoms with van der Waals surface area (Å²) < 4.78 is 18.1. The summed E-state index contributed by atoms with van der Waals surface area (Å²) in [6.07, 6.45) is 0.755. The molecule has 0 saturated heterocycles. The number of amides is 1. The molecular weight excluding hydrogens is 295 g/mol. The second-order valence-electron chi connectivity index (χ2n) is 5.26. The van der Waals surface area contributed by atoms with Gasteiger partial charge in [0.2, 0.25) is 5.91 Å². The van der Waals surface area contributed by atoms with Gasteiger partial charge in [0, 0.05) is 12.2 Å². The third-order valence-corrected chi connectivity index (χ3v) is 3.52. The molecule has 0 heterocycles. The summed E-state index contributed by atoms with van der Waals surface area (Å²) in [5.74, 6) is 0.441.